The van der Waals surface area contributed by atoms with Crippen molar-refractivity contribution < 1.29 is 23.8 Å². The fourth-order valence-corrected chi connectivity index (χ4v) is 1.86. The number of rotatable bonds is 4. The molecule has 108 valence electrons. The molecule has 4 nitrogen and oxygen atoms in total. The van der Waals surface area contributed by atoms with Crippen molar-refractivity contribution in [2.24, 2.45) is 0 Å². The van der Waals surface area contributed by atoms with Gasteiger partial charge in [-0.05, 0) is 43.3 Å². The number of carboxylic acids is 1. The summed E-state index contributed by atoms with van der Waals surface area (Å²) < 4.78 is 19.1. The second-order valence-electron chi connectivity index (χ2n) is 4.25. The Morgan fingerprint density at radius 1 is 1.19 bits per heavy atom. The summed E-state index contributed by atoms with van der Waals surface area (Å²) in [5.74, 6) is -2.17. The van der Waals surface area contributed by atoms with Crippen molar-refractivity contribution in [3.05, 3.63) is 58.4 Å². The summed E-state index contributed by atoms with van der Waals surface area (Å²) in [5.41, 5.74) is 0.0807. The Hall–Kier alpha value is -2.40. The van der Waals surface area contributed by atoms with Crippen LogP contribution in [0.1, 0.15) is 27.6 Å². The van der Waals surface area contributed by atoms with Crippen LogP contribution in [0.25, 0.3) is 0 Å². The van der Waals surface area contributed by atoms with Crippen LogP contribution in [0.4, 0.5) is 4.39 Å². The van der Waals surface area contributed by atoms with Gasteiger partial charge in [0, 0.05) is 5.56 Å². The van der Waals surface area contributed by atoms with E-state index in [1.54, 1.807) is 0 Å². The normalized spacial score (nSPS) is 10.2. The van der Waals surface area contributed by atoms with Crippen molar-refractivity contribution in [2.45, 2.75) is 6.92 Å². The molecule has 0 amide bonds. The van der Waals surface area contributed by atoms with Gasteiger partial charge in [-0.3, -0.25) is 4.79 Å². The van der Waals surface area contributed by atoms with E-state index in [4.69, 9.17) is 21.4 Å². The zero-order valence-electron chi connectivity index (χ0n) is 10.9. The van der Waals surface area contributed by atoms with Crippen molar-refractivity contribution in [1.29, 1.82) is 0 Å². The first-order valence-electron chi connectivity index (χ1n) is 5.89. The van der Waals surface area contributed by atoms with Crippen molar-refractivity contribution in [1.82, 2.24) is 0 Å². The summed E-state index contributed by atoms with van der Waals surface area (Å²) in [5, 5.41) is 9.01. The summed E-state index contributed by atoms with van der Waals surface area (Å²) in [7, 11) is 0. The zero-order chi connectivity index (χ0) is 15.6. The topological polar surface area (TPSA) is 63.6 Å². The Kier molecular flexibility index (Phi) is 4.23. The first-order valence-corrected chi connectivity index (χ1v) is 6.27. The lowest BCUT2D eigenvalue weighted by Crippen LogP contribution is -1.99. The monoisotopic (exact) mass is 308 g/mol. The van der Waals surface area contributed by atoms with Gasteiger partial charge in [-0.1, -0.05) is 11.6 Å². The number of aromatic carboxylic acids is 1. The number of carboxylic acid groups (broad SMARTS) is 1. The molecule has 2 aromatic carbocycles. The van der Waals surface area contributed by atoms with E-state index in [0.29, 0.717) is 0 Å². The predicted molar refractivity (Wildman–Crippen MR) is 74.9 cm³/mol. The van der Waals surface area contributed by atoms with Gasteiger partial charge in [-0.15, -0.1) is 0 Å². The van der Waals surface area contributed by atoms with Crippen molar-refractivity contribution >= 4 is 23.4 Å². The summed E-state index contributed by atoms with van der Waals surface area (Å²) in [6, 6.07) is 7.76. The first-order chi connectivity index (χ1) is 9.88. The van der Waals surface area contributed by atoms with Gasteiger partial charge < -0.3 is 9.84 Å². The number of ketones is 1. The van der Waals surface area contributed by atoms with Gasteiger partial charge >= 0.3 is 5.97 Å². The second kappa shape index (κ2) is 5.93. The van der Waals surface area contributed by atoms with Crippen molar-refractivity contribution in [3.63, 3.8) is 0 Å². The maximum absolute atomic E-state index is 13.8. The minimum absolute atomic E-state index is 0.0576. The third-order valence-corrected chi connectivity index (χ3v) is 3.06. The molecule has 0 aliphatic heterocycles. The number of Topliss-reactive ketones (excluding diaryl/α,β-unsaturated/α-hetero) is 1. The van der Waals surface area contributed by atoms with Crippen LogP contribution in [0, 0.1) is 5.82 Å². The lowest BCUT2D eigenvalue weighted by Gasteiger charge is -2.09. The molecule has 0 spiro atoms. The third-order valence-electron chi connectivity index (χ3n) is 2.73. The highest BCUT2D eigenvalue weighted by Gasteiger charge is 2.12. The Morgan fingerprint density at radius 3 is 2.48 bits per heavy atom. The van der Waals surface area contributed by atoms with Gasteiger partial charge in [0.2, 0.25) is 0 Å². The van der Waals surface area contributed by atoms with Gasteiger partial charge in [-0.2, -0.15) is 0 Å². The average molecular weight is 309 g/mol. The van der Waals surface area contributed by atoms with E-state index in [1.807, 2.05) is 0 Å². The minimum atomic E-state index is -1.21. The summed E-state index contributed by atoms with van der Waals surface area (Å²) in [6.45, 7) is 1.33. The number of carbonyl (C=O) groups excluding carboxylic acids is 1. The lowest BCUT2D eigenvalue weighted by atomic mass is 10.1. The molecule has 1 N–H and O–H groups in total. The standard InChI is InChI=1S/C15H10ClFO4/c1-8(18)9-2-5-14(13(17)6-9)21-10-3-4-12(16)11(7-10)15(19)20/h2-7H,1H3,(H,19,20). The van der Waals surface area contributed by atoms with E-state index < -0.39 is 11.8 Å². The largest absolute Gasteiger partial charge is 0.478 e. The predicted octanol–water partition coefficient (Wildman–Crippen LogP) is 4.17. The van der Waals surface area contributed by atoms with Crippen LogP contribution >= 0.6 is 11.6 Å². The Bertz CT molecular complexity index is 728. The minimum Gasteiger partial charge on any atom is -0.478 e. The molecule has 0 fully saturated rings. The van der Waals surface area contributed by atoms with E-state index in [1.165, 1.54) is 37.3 Å². The molecule has 0 radical (unpaired) electrons. The molecule has 0 aromatic heterocycles. The van der Waals surface area contributed by atoms with Gasteiger partial charge in [0.15, 0.2) is 17.3 Å². The first kappa shape index (κ1) is 15.0. The average Bonchev–Trinajstić information content (AvgIpc) is 2.42. The van der Waals surface area contributed by atoms with E-state index in [9.17, 15) is 14.0 Å². The van der Waals surface area contributed by atoms with Crippen LogP contribution in [-0.2, 0) is 0 Å². The molecule has 0 bridgehead atoms. The maximum atomic E-state index is 13.8. The Morgan fingerprint density at radius 2 is 1.90 bits per heavy atom. The van der Waals surface area contributed by atoms with E-state index >= 15 is 0 Å². The molecule has 0 unspecified atom stereocenters. The molecule has 0 heterocycles. The number of halogens is 2. The SMILES string of the molecule is CC(=O)c1ccc(Oc2ccc(Cl)c(C(=O)O)c2)c(F)c1. The smallest absolute Gasteiger partial charge is 0.337 e. The molecule has 0 atom stereocenters. The molecule has 2 aromatic rings. The number of hydrogen-bond acceptors (Lipinski definition) is 3. The molecule has 0 saturated carbocycles. The summed E-state index contributed by atoms with van der Waals surface area (Å²) in [6.07, 6.45) is 0. The van der Waals surface area contributed by atoms with Crippen LogP contribution in [0.15, 0.2) is 36.4 Å². The molecule has 0 aliphatic rings. The molecule has 21 heavy (non-hydrogen) atoms. The third kappa shape index (κ3) is 3.38. The van der Waals surface area contributed by atoms with Crippen LogP contribution in [0.2, 0.25) is 5.02 Å². The van der Waals surface area contributed by atoms with Crippen molar-refractivity contribution in [3.8, 4) is 11.5 Å². The molecule has 2 rings (SSSR count). The Balaban J connectivity index is 2.32. The highest BCUT2D eigenvalue weighted by molar-refractivity contribution is 6.33. The summed E-state index contributed by atoms with van der Waals surface area (Å²) >= 11 is 5.73. The molecule has 0 saturated heterocycles. The van der Waals surface area contributed by atoms with Crippen molar-refractivity contribution in [2.75, 3.05) is 0 Å². The summed E-state index contributed by atoms with van der Waals surface area (Å²) in [4.78, 5) is 22.1. The zero-order valence-corrected chi connectivity index (χ0v) is 11.6. The van der Waals surface area contributed by atoms with Gasteiger partial charge in [0.25, 0.3) is 0 Å². The fraction of sp³-hybridized carbons (Fsp3) is 0.0667. The Labute approximate surface area is 124 Å². The van der Waals surface area contributed by atoms with Crippen LogP contribution < -0.4 is 4.74 Å². The van der Waals surface area contributed by atoms with Gasteiger partial charge in [0.1, 0.15) is 5.75 Å². The maximum Gasteiger partial charge on any atom is 0.337 e. The van der Waals surface area contributed by atoms with Crippen LogP contribution in [-0.4, -0.2) is 16.9 Å². The van der Waals surface area contributed by atoms with E-state index in [0.717, 1.165) is 6.07 Å². The molecule has 6 heteroatoms. The second-order valence-corrected chi connectivity index (χ2v) is 4.66. The number of carbonyl (C=O) groups is 2. The molecular formula is C15H10ClFO4. The van der Waals surface area contributed by atoms with Crippen LogP contribution in [0.5, 0.6) is 11.5 Å². The number of benzene rings is 2. The van der Waals surface area contributed by atoms with Crippen LogP contribution in [0.3, 0.4) is 0 Å². The van der Waals surface area contributed by atoms with Gasteiger partial charge in [-0.25, -0.2) is 9.18 Å². The van der Waals surface area contributed by atoms with E-state index in [-0.39, 0.29) is 33.4 Å². The lowest BCUT2D eigenvalue weighted by molar-refractivity contribution is 0.0696. The fourth-order valence-electron chi connectivity index (χ4n) is 1.66. The van der Waals surface area contributed by atoms with E-state index in [2.05, 4.69) is 0 Å². The highest BCUT2D eigenvalue weighted by atomic mass is 35.5. The molecular weight excluding hydrogens is 299 g/mol. The molecule has 0 aliphatic carbocycles. The quantitative estimate of drug-likeness (QED) is 0.861. The number of hydrogen-bond donors (Lipinski definition) is 1. The highest BCUT2D eigenvalue weighted by Crippen LogP contribution is 2.28. The van der Waals surface area contributed by atoms with Gasteiger partial charge in [0.05, 0.1) is 10.6 Å². The number of ether oxygens (including phenoxy) is 1.